The summed E-state index contributed by atoms with van der Waals surface area (Å²) in [6.07, 6.45) is 1.61. The minimum atomic E-state index is -0.280. The SMILES string of the molecule is Cn1cnnc1-c1cc(F)ccc1-c1ccccc1. The third kappa shape index (κ3) is 2.12. The van der Waals surface area contributed by atoms with Gasteiger partial charge >= 0.3 is 0 Å². The molecule has 0 aliphatic carbocycles. The van der Waals surface area contributed by atoms with Crippen molar-refractivity contribution in [3.05, 3.63) is 60.7 Å². The van der Waals surface area contributed by atoms with Crippen LogP contribution in [-0.4, -0.2) is 14.8 Å². The fraction of sp³-hybridized carbons (Fsp3) is 0.0667. The van der Waals surface area contributed by atoms with E-state index in [-0.39, 0.29) is 5.82 Å². The van der Waals surface area contributed by atoms with Gasteiger partial charge in [-0.2, -0.15) is 0 Å². The highest BCUT2D eigenvalue weighted by atomic mass is 19.1. The maximum Gasteiger partial charge on any atom is 0.164 e. The van der Waals surface area contributed by atoms with Crippen LogP contribution in [0.3, 0.4) is 0 Å². The first-order valence-electron chi connectivity index (χ1n) is 5.95. The fourth-order valence-corrected chi connectivity index (χ4v) is 2.10. The minimum Gasteiger partial charge on any atom is -0.317 e. The van der Waals surface area contributed by atoms with Crippen LogP contribution in [0.4, 0.5) is 4.39 Å². The second-order valence-corrected chi connectivity index (χ2v) is 4.32. The highest BCUT2D eigenvalue weighted by molar-refractivity contribution is 5.80. The number of aryl methyl sites for hydroxylation is 1. The van der Waals surface area contributed by atoms with E-state index in [2.05, 4.69) is 10.2 Å². The summed E-state index contributed by atoms with van der Waals surface area (Å²) in [6, 6.07) is 14.6. The van der Waals surface area contributed by atoms with Gasteiger partial charge in [0.1, 0.15) is 12.1 Å². The first-order valence-corrected chi connectivity index (χ1v) is 5.95. The van der Waals surface area contributed by atoms with E-state index >= 15 is 0 Å². The normalized spacial score (nSPS) is 10.6. The Balaban J connectivity index is 2.24. The quantitative estimate of drug-likeness (QED) is 0.701. The number of rotatable bonds is 2. The third-order valence-corrected chi connectivity index (χ3v) is 3.02. The Bertz CT molecular complexity index is 704. The summed E-state index contributed by atoms with van der Waals surface area (Å²) >= 11 is 0. The van der Waals surface area contributed by atoms with Gasteiger partial charge in [-0.25, -0.2) is 4.39 Å². The van der Waals surface area contributed by atoms with Gasteiger partial charge in [-0.05, 0) is 23.3 Å². The zero-order valence-electron chi connectivity index (χ0n) is 10.4. The molecule has 1 aromatic heterocycles. The lowest BCUT2D eigenvalue weighted by Crippen LogP contribution is -1.94. The molecule has 0 N–H and O–H groups in total. The van der Waals surface area contributed by atoms with Crippen molar-refractivity contribution in [3.63, 3.8) is 0 Å². The van der Waals surface area contributed by atoms with Gasteiger partial charge in [0.15, 0.2) is 5.82 Å². The van der Waals surface area contributed by atoms with Crippen LogP contribution >= 0.6 is 0 Å². The molecular formula is C15H12FN3. The molecule has 0 aliphatic rings. The molecule has 0 amide bonds. The predicted molar refractivity (Wildman–Crippen MR) is 71.8 cm³/mol. The molecule has 0 saturated heterocycles. The maximum atomic E-state index is 13.5. The van der Waals surface area contributed by atoms with Crippen molar-refractivity contribution in [3.8, 4) is 22.5 Å². The molecule has 2 aromatic carbocycles. The van der Waals surface area contributed by atoms with E-state index in [4.69, 9.17) is 0 Å². The molecular weight excluding hydrogens is 241 g/mol. The minimum absolute atomic E-state index is 0.280. The molecule has 0 unspecified atom stereocenters. The Hall–Kier alpha value is -2.49. The Labute approximate surface area is 110 Å². The van der Waals surface area contributed by atoms with E-state index in [1.54, 1.807) is 17.0 Å². The first kappa shape index (κ1) is 11.6. The molecule has 4 heteroatoms. The lowest BCUT2D eigenvalue weighted by molar-refractivity contribution is 0.628. The van der Waals surface area contributed by atoms with Gasteiger partial charge < -0.3 is 4.57 Å². The average molecular weight is 253 g/mol. The van der Waals surface area contributed by atoms with Gasteiger partial charge in [0.2, 0.25) is 0 Å². The molecule has 0 fully saturated rings. The second-order valence-electron chi connectivity index (χ2n) is 4.32. The van der Waals surface area contributed by atoms with Crippen LogP contribution in [-0.2, 0) is 7.05 Å². The summed E-state index contributed by atoms with van der Waals surface area (Å²) in [5.74, 6) is 0.371. The molecule has 3 nitrogen and oxygen atoms in total. The lowest BCUT2D eigenvalue weighted by atomic mass is 9.99. The van der Waals surface area contributed by atoms with E-state index in [1.807, 2.05) is 37.4 Å². The van der Waals surface area contributed by atoms with Gasteiger partial charge in [-0.15, -0.1) is 10.2 Å². The van der Waals surface area contributed by atoms with Crippen LogP contribution in [0.1, 0.15) is 0 Å². The summed E-state index contributed by atoms with van der Waals surface area (Å²) in [4.78, 5) is 0. The molecule has 0 radical (unpaired) electrons. The van der Waals surface area contributed by atoms with Gasteiger partial charge in [0.25, 0.3) is 0 Å². The summed E-state index contributed by atoms with van der Waals surface area (Å²) in [5, 5.41) is 7.91. The number of hydrogen-bond donors (Lipinski definition) is 0. The fourth-order valence-electron chi connectivity index (χ4n) is 2.10. The van der Waals surface area contributed by atoms with Crippen molar-refractivity contribution in [1.29, 1.82) is 0 Å². The number of nitrogens with zero attached hydrogens (tertiary/aromatic N) is 3. The smallest absolute Gasteiger partial charge is 0.164 e. The van der Waals surface area contributed by atoms with Gasteiger partial charge in [-0.3, -0.25) is 0 Å². The molecule has 3 rings (SSSR count). The molecule has 1 heterocycles. The highest BCUT2D eigenvalue weighted by Gasteiger charge is 2.12. The van der Waals surface area contributed by atoms with Gasteiger partial charge in [-0.1, -0.05) is 36.4 Å². The van der Waals surface area contributed by atoms with Crippen LogP contribution in [0.15, 0.2) is 54.9 Å². The van der Waals surface area contributed by atoms with E-state index in [1.165, 1.54) is 12.1 Å². The number of aromatic nitrogens is 3. The molecule has 0 spiro atoms. The third-order valence-electron chi connectivity index (χ3n) is 3.02. The van der Waals surface area contributed by atoms with Crippen molar-refractivity contribution in [1.82, 2.24) is 14.8 Å². The summed E-state index contributed by atoms with van der Waals surface area (Å²) in [5.41, 5.74) is 2.71. The number of halogens is 1. The average Bonchev–Trinajstić information content (AvgIpc) is 2.86. The Morgan fingerprint density at radius 3 is 2.47 bits per heavy atom. The van der Waals surface area contributed by atoms with Crippen molar-refractivity contribution in [2.75, 3.05) is 0 Å². The maximum absolute atomic E-state index is 13.5. The van der Waals surface area contributed by atoms with E-state index in [9.17, 15) is 4.39 Å². The zero-order valence-corrected chi connectivity index (χ0v) is 10.4. The Morgan fingerprint density at radius 1 is 1.00 bits per heavy atom. The van der Waals surface area contributed by atoms with E-state index in [0.29, 0.717) is 5.82 Å². The van der Waals surface area contributed by atoms with Crippen LogP contribution in [0, 0.1) is 5.82 Å². The largest absolute Gasteiger partial charge is 0.317 e. The molecule has 0 atom stereocenters. The van der Waals surface area contributed by atoms with Gasteiger partial charge in [0, 0.05) is 12.6 Å². The van der Waals surface area contributed by atoms with E-state index in [0.717, 1.165) is 16.7 Å². The van der Waals surface area contributed by atoms with E-state index < -0.39 is 0 Å². The van der Waals surface area contributed by atoms with Crippen molar-refractivity contribution < 1.29 is 4.39 Å². The second kappa shape index (κ2) is 4.65. The lowest BCUT2D eigenvalue weighted by Gasteiger charge is -2.09. The first-order chi connectivity index (χ1) is 9.25. The predicted octanol–water partition coefficient (Wildman–Crippen LogP) is 3.29. The van der Waals surface area contributed by atoms with Crippen molar-refractivity contribution in [2.45, 2.75) is 0 Å². The summed E-state index contributed by atoms with van der Waals surface area (Å²) in [6.45, 7) is 0. The van der Waals surface area contributed by atoms with Gasteiger partial charge in [0.05, 0.1) is 0 Å². The standard InChI is InChI=1S/C15H12FN3/c1-19-10-17-18-15(19)14-9-12(16)7-8-13(14)11-5-3-2-4-6-11/h2-10H,1H3. The molecule has 0 aliphatic heterocycles. The molecule has 0 saturated carbocycles. The molecule has 94 valence electrons. The van der Waals surface area contributed by atoms with Crippen LogP contribution in [0.25, 0.3) is 22.5 Å². The molecule has 0 bridgehead atoms. The summed E-state index contributed by atoms with van der Waals surface area (Å²) in [7, 11) is 1.84. The number of hydrogen-bond acceptors (Lipinski definition) is 2. The van der Waals surface area contributed by atoms with Crippen molar-refractivity contribution in [2.24, 2.45) is 7.05 Å². The van der Waals surface area contributed by atoms with Crippen LogP contribution in [0.2, 0.25) is 0 Å². The molecule has 19 heavy (non-hydrogen) atoms. The summed E-state index contributed by atoms with van der Waals surface area (Å²) < 4.78 is 15.3. The molecule has 3 aromatic rings. The zero-order chi connectivity index (χ0) is 13.2. The number of benzene rings is 2. The van der Waals surface area contributed by atoms with Crippen molar-refractivity contribution >= 4 is 0 Å². The van der Waals surface area contributed by atoms with Crippen LogP contribution in [0.5, 0.6) is 0 Å². The Morgan fingerprint density at radius 2 is 1.79 bits per heavy atom. The topological polar surface area (TPSA) is 30.7 Å². The highest BCUT2D eigenvalue weighted by Crippen LogP contribution is 2.31. The monoisotopic (exact) mass is 253 g/mol. The Kier molecular flexibility index (Phi) is 2.83. The van der Waals surface area contributed by atoms with Crippen LogP contribution < -0.4 is 0 Å².